The molecule has 1 saturated heterocycles. The van der Waals surface area contributed by atoms with Gasteiger partial charge in [-0.25, -0.2) is 0 Å². The number of ether oxygens (including phenoxy) is 2. The summed E-state index contributed by atoms with van der Waals surface area (Å²) >= 11 is 0. The molecule has 0 radical (unpaired) electrons. The lowest BCUT2D eigenvalue weighted by Crippen LogP contribution is -2.42. The summed E-state index contributed by atoms with van der Waals surface area (Å²) in [5.41, 5.74) is 3.95. The van der Waals surface area contributed by atoms with Gasteiger partial charge in [-0.1, -0.05) is 32.1 Å². The fourth-order valence-corrected chi connectivity index (χ4v) is 2.98. The largest absolute Gasteiger partial charge is 0.497 e. The Hall–Kier alpha value is -1.94. The summed E-state index contributed by atoms with van der Waals surface area (Å²) in [4.78, 5) is 0. The summed E-state index contributed by atoms with van der Waals surface area (Å²) in [6, 6.07) is 8.55. The van der Waals surface area contributed by atoms with Gasteiger partial charge in [0.1, 0.15) is 11.6 Å². The number of nitrogens with one attached hydrogen (secondary N) is 2. The van der Waals surface area contributed by atoms with E-state index in [1.165, 1.54) is 16.7 Å². The van der Waals surface area contributed by atoms with Crippen LogP contribution in [-0.2, 0) is 11.3 Å². The van der Waals surface area contributed by atoms with E-state index in [-0.39, 0.29) is 0 Å². The van der Waals surface area contributed by atoms with Crippen molar-refractivity contribution in [1.29, 1.82) is 0 Å². The van der Waals surface area contributed by atoms with Crippen LogP contribution in [0.15, 0.2) is 47.3 Å². The molecule has 0 amide bonds. The predicted octanol–water partition coefficient (Wildman–Crippen LogP) is 2.97. The minimum absolute atomic E-state index is 0.380. The Balaban J connectivity index is 1.73. The maximum absolute atomic E-state index is 5.65. The van der Waals surface area contributed by atoms with Gasteiger partial charge >= 0.3 is 0 Å². The van der Waals surface area contributed by atoms with Gasteiger partial charge in [0.25, 0.3) is 0 Å². The third-order valence-corrected chi connectivity index (χ3v) is 4.49. The van der Waals surface area contributed by atoms with Crippen LogP contribution in [0.25, 0.3) is 0 Å². The topological polar surface area (TPSA) is 42.5 Å². The molecule has 1 aromatic carbocycles. The zero-order chi connectivity index (χ0) is 16.2. The molecule has 23 heavy (non-hydrogen) atoms. The van der Waals surface area contributed by atoms with E-state index in [2.05, 4.69) is 42.7 Å². The summed E-state index contributed by atoms with van der Waals surface area (Å²) in [5, 5.41) is 7.20. The van der Waals surface area contributed by atoms with E-state index in [1.807, 2.05) is 12.1 Å². The summed E-state index contributed by atoms with van der Waals surface area (Å²) in [5.74, 6) is 2.57. The van der Waals surface area contributed by atoms with Crippen molar-refractivity contribution in [3.8, 4) is 5.75 Å². The summed E-state index contributed by atoms with van der Waals surface area (Å²) in [6.45, 7) is 6.80. The Morgan fingerprint density at radius 2 is 2.09 bits per heavy atom. The molecule has 2 heterocycles. The van der Waals surface area contributed by atoms with Gasteiger partial charge in [0, 0.05) is 18.2 Å². The maximum Gasteiger partial charge on any atom is 0.118 e. The standard InChI is InChI=1S/C19H26N2O2/c1-13(2)18-10-15-8-9-23-12-17(15)19(21-18)20-11-14-4-6-16(22-3)7-5-14/h4-7,10,13,18,20-21H,8-9,11-12H2,1-3H3. The first-order valence-corrected chi connectivity index (χ1v) is 8.32. The number of benzene rings is 1. The second-order valence-electron chi connectivity index (χ2n) is 6.46. The second kappa shape index (κ2) is 7.09. The minimum atomic E-state index is 0.380. The van der Waals surface area contributed by atoms with E-state index >= 15 is 0 Å². The highest BCUT2D eigenvalue weighted by Gasteiger charge is 2.25. The Bertz CT molecular complexity index is 602. The lowest BCUT2D eigenvalue weighted by Gasteiger charge is -2.33. The van der Waals surface area contributed by atoms with Crippen LogP contribution in [0.4, 0.5) is 0 Å². The van der Waals surface area contributed by atoms with Crippen LogP contribution in [-0.4, -0.2) is 26.4 Å². The molecule has 1 aromatic rings. The van der Waals surface area contributed by atoms with E-state index in [1.54, 1.807) is 7.11 Å². The zero-order valence-electron chi connectivity index (χ0n) is 14.2. The van der Waals surface area contributed by atoms with Crippen LogP contribution >= 0.6 is 0 Å². The SMILES string of the molecule is COc1ccc(CNC2=C3COCCC3=CC(C(C)C)N2)cc1. The molecule has 1 fully saturated rings. The number of hydrogen-bond acceptors (Lipinski definition) is 4. The highest BCUT2D eigenvalue weighted by atomic mass is 16.5. The maximum atomic E-state index is 5.65. The molecular formula is C19H26N2O2. The Morgan fingerprint density at radius 1 is 1.30 bits per heavy atom. The number of dihydropyridines is 1. The predicted molar refractivity (Wildman–Crippen MR) is 92.1 cm³/mol. The van der Waals surface area contributed by atoms with Crippen molar-refractivity contribution in [2.45, 2.75) is 32.9 Å². The molecule has 124 valence electrons. The fourth-order valence-electron chi connectivity index (χ4n) is 2.98. The Labute approximate surface area is 138 Å². The number of rotatable bonds is 5. The summed E-state index contributed by atoms with van der Waals surface area (Å²) < 4.78 is 10.9. The van der Waals surface area contributed by atoms with Gasteiger partial charge in [-0.2, -0.15) is 0 Å². The van der Waals surface area contributed by atoms with Gasteiger partial charge in [0.15, 0.2) is 0 Å². The third-order valence-electron chi connectivity index (χ3n) is 4.49. The second-order valence-corrected chi connectivity index (χ2v) is 6.46. The zero-order valence-corrected chi connectivity index (χ0v) is 14.2. The van der Waals surface area contributed by atoms with Crippen molar-refractivity contribution in [3.63, 3.8) is 0 Å². The van der Waals surface area contributed by atoms with Gasteiger partial charge in [-0.05, 0) is 35.6 Å². The molecule has 0 aromatic heterocycles. The summed E-state index contributed by atoms with van der Waals surface area (Å²) in [6.07, 6.45) is 3.38. The first-order valence-electron chi connectivity index (χ1n) is 8.32. The molecule has 0 spiro atoms. The van der Waals surface area contributed by atoms with E-state index in [9.17, 15) is 0 Å². The van der Waals surface area contributed by atoms with Gasteiger partial charge in [-0.3, -0.25) is 0 Å². The summed E-state index contributed by atoms with van der Waals surface area (Å²) in [7, 11) is 1.69. The fraction of sp³-hybridized carbons (Fsp3) is 0.474. The molecule has 0 aliphatic carbocycles. The van der Waals surface area contributed by atoms with Crippen molar-refractivity contribution < 1.29 is 9.47 Å². The van der Waals surface area contributed by atoms with Crippen LogP contribution < -0.4 is 15.4 Å². The monoisotopic (exact) mass is 314 g/mol. The molecule has 2 N–H and O–H groups in total. The lowest BCUT2D eigenvalue weighted by atomic mass is 9.91. The minimum Gasteiger partial charge on any atom is -0.497 e. The molecular weight excluding hydrogens is 288 g/mol. The highest BCUT2D eigenvalue weighted by Crippen LogP contribution is 2.27. The van der Waals surface area contributed by atoms with E-state index in [0.717, 1.165) is 31.1 Å². The highest BCUT2D eigenvalue weighted by molar-refractivity contribution is 5.41. The molecule has 1 atom stereocenters. The average Bonchev–Trinajstić information content (AvgIpc) is 2.59. The van der Waals surface area contributed by atoms with E-state index < -0.39 is 0 Å². The van der Waals surface area contributed by atoms with E-state index in [4.69, 9.17) is 9.47 Å². The van der Waals surface area contributed by atoms with Crippen molar-refractivity contribution in [2.75, 3.05) is 20.3 Å². The lowest BCUT2D eigenvalue weighted by molar-refractivity contribution is 0.142. The smallest absolute Gasteiger partial charge is 0.118 e. The van der Waals surface area contributed by atoms with Crippen molar-refractivity contribution in [2.24, 2.45) is 5.92 Å². The van der Waals surface area contributed by atoms with Crippen LogP contribution in [0.3, 0.4) is 0 Å². The van der Waals surface area contributed by atoms with Crippen LogP contribution in [0.2, 0.25) is 0 Å². The molecule has 3 rings (SSSR count). The molecule has 2 aliphatic rings. The molecule has 4 heteroatoms. The number of fused-ring (bicyclic) bond motifs is 1. The quantitative estimate of drug-likeness (QED) is 0.877. The van der Waals surface area contributed by atoms with Gasteiger partial charge in [0.05, 0.1) is 20.3 Å². The molecule has 0 saturated carbocycles. The van der Waals surface area contributed by atoms with Gasteiger partial charge in [0.2, 0.25) is 0 Å². The molecule has 0 bridgehead atoms. The number of hydrogen-bond donors (Lipinski definition) is 2. The Morgan fingerprint density at radius 3 is 2.78 bits per heavy atom. The molecule has 4 nitrogen and oxygen atoms in total. The van der Waals surface area contributed by atoms with Gasteiger partial charge < -0.3 is 20.1 Å². The molecule has 1 unspecified atom stereocenters. The first-order chi connectivity index (χ1) is 11.2. The van der Waals surface area contributed by atoms with Gasteiger partial charge in [-0.15, -0.1) is 0 Å². The average molecular weight is 314 g/mol. The number of methoxy groups -OCH3 is 1. The van der Waals surface area contributed by atoms with Crippen molar-refractivity contribution in [3.05, 3.63) is 52.9 Å². The van der Waals surface area contributed by atoms with Crippen LogP contribution in [0.1, 0.15) is 25.8 Å². The Kier molecular flexibility index (Phi) is 4.91. The van der Waals surface area contributed by atoms with Crippen molar-refractivity contribution in [1.82, 2.24) is 10.6 Å². The van der Waals surface area contributed by atoms with E-state index in [0.29, 0.717) is 18.6 Å². The molecule has 2 aliphatic heterocycles. The third kappa shape index (κ3) is 3.70. The van der Waals surface area contributed by atoms with Crippen molar-refractivity contribution >= 4 is 0 Å². The first kappa shape index (κ1) is 15.9. The van der Waals surface area contributed by atoms with Crippen LogP contribution in [0.5, 0.6) is 5.75 Å². The van der Waals surface area contributed by atoms with Crippen LogP contribution in [0, 0.1) is 5.92 Å². The normalized spacial score (nSPS) is 20.7.